The molecule has 2 amide bonds. The lowest BCUT2D eigenvalue weighted by molar-refractivity contribution is -0.123. The standard InChI is InChI=1S/C35H48N4O4S2/c1-34(2,44-24-27-9-15-30(42-5)16-10-27)32(40)37-19-21-39(23-26-7-13-29(36)14-8-26)22-20-38-33(41)35(3,4)45-25-28-11-17-31(43-6)18-12-28/h7-18H,19-25,36H2,1-6H3,(H,37,40)(H,38,41). The molecule has 244 valence electrons. The van der Waals surface area contributed by atoms with Crippen molar-refractivity contribution >= 4 is 41.0 Å². The molecule has 0 heterocycles. The molecule has 3 aromatic rings. The van der Waals surface area contributed by atoms with Gasteiger partial charge >= 0.3 is 0 Å². The second kappa shape index (κ2) is 17.4. The largest absolute Gasteiger partial charge is 0.497 e. The number of hydrogen-bond donors (Lipinski definition) is 3. The maximum Gasteiger partial charge on any atom is 0.235 e. The van der Waals surface area contributed by atoms with Gasteiger partial charge in [-0.3, -0.25) is 14.5 Å². The van der Waals surface area contributed by atoms with Crippen molar-refractivity contribution < 1.29 is 19.1 Å². The molecule has 3 rings (SSSR count). The Kier molecular flexibility index (Phi) is 14.0. The fourth-order valence-corrected chi connectivity index (χ4v) is 6.18. The predicted molar refractivity (Wildman–Crippen MR) is 189 cm³/mol. The third kappa shape index (κ3) is 12.2. The summed E-state index contributed by atoms with van der Waals surface area (Å²) >= 11 is 3.21. The molecule has 0 unspecified atom stereocenters. The van der Waals surface area contributed by atoms with Crippen LogP contribution in [-0.2, 0) is 27.6 Å². The second-order valence-corrected chi connectivity index (χ2v) is 15.0. The maximum atomic E-state index is 13.1. The molecule has 10 heteroatoms. The highest BCUT2D eigenvalue weighted by molar-refractivity contribution is 8.00. The minimum absolute atomic E-state index is 0.00242. The zero-order valence-electron chi connectivity index (χ0n) is 27.4. The highest BCUT2D eigenvalue weighted by Crippen LogP contribution is 2.30. The van der Waals surface area contributed by atoms with Gasteiger partial charge in [-0.1, -0.05) is 36.4 Å². The first kappa shape index (κ1) is 36.1. The van der Waals surface area contributed by atoms with Crippen molar-refractivity contribution in [1.82, 2.24) is 15.5 Å². The van der Waals surface area contributed by atoms with E-state index >= 15 is 0 Å². The number of ether oxygens (including phenoxy) is 2. The number of amides is 2. The minimum Gasteiger partial charge on any atom is -0.497 e. The van der Waals surface area contributed by atoms with Crippen LogP contribution in [0.1, 0.15) is 44.4 Å². The molecule has 0 atom stereocenters. The van der Waals surface area contributed by atoms with E-state index in [2.05, 4.69) is 15.5 Å². The van der Waals surface area contributed by atoms with Crippen molar-refractivity contribution in [1.29, 1.82) is 0 Å². The van der Waals surface area contributed by atoms with Crippen LogP contribution in [0, 0.1) is 0 Å². The second-order valence-electron chi connectivity index (χ2n) is 11.8. The first-order valence-electron chi connectivity index (χ1n) is 15.1. The Bertz CT molecular complexity index is 1270. The summed E-state index contributed by atoms with van der Waals surface area (Å²) in [5.41, 5.74) is 10.0. The van der Waals surface area contributed by atoms with Gasteiger partial charge in [-0.15, -0.1) is 23.5 Å². The Hall–Kier alpha value is -3.34. The molecular formula is C35H48N4O4S2. The van der Waals surface area contributed by atoms with Gasteiger partial charge in [0.25, 0.3) is 0 Å². The molecule has 0 aliphatic carbocycles. The quantitative estimate of drug-likeness (QED) is 0.149. The van der Waals surface area contributed by atoms with Crippen LogP contribution in [0.4, 0.5) is 5.69 Å². The monoisotopic (exact) mass is 652 g/mol. The highest BCUT2D eigenvalue weighted by Gasteiger charge is 2.29. The van der Waals surface area contributed by atoms with Crippen LogP contribution in [0.25, 0.3) is 0 Å². The van der Waals surface area contributed by atoms with E-state index in [1.54, 1.807) is 37.7 Å². The lowest BCUT2D eigenvalue weighted by atomic mass is 10.2. The average molecular weight is 653 g/mol. The van der Waals surface area contributed by atoms with Gasteiger partial charge < -0.3 is 25.8 Å². The molecule has 3 aromatic carbocycles. The zero-order valence-corrected chi connectivity index (χ0v) is 29.0. The zero-order chi connectivity index (χ0) is 32.9. The minimum atomic E-state index is -0.593. The van der Waals surface area contributed by atoms with Gasteiger partial charge in [0.1, 0.15) is 11.5 Å². The van der Waals surface area contributed by atoms with Crippen LogP contribution in [0.15, 0.2) is 72.8 Å². The van der Waals surface area contributed by atoms with Crippen molar-refractivity contribution in [2.75, 3.05) is 46.1 Å². The summed E-state index contributed by atoms with van der Waals surface area (Å²) in [5, 5.41) is 6.25. The number of nitrogens with one attached hydrogen (secondary N) is 2. The number of carbonyl (C=O) groups excluding carboxylic acids is 2. The Morgan fingerprint density at radius 3 is 1.42 bits per heavy atom. The molecule has 0 aliphatic rings. The van der Waals surface area contributed by atoms with Crippen molar-refractivity contribution in [3.8, 4) is 11.5 Å². The first-order valence-corrected chi connectivity index (χ1v) is 17.1. The SMILES string of the molecule is COc1ccc(CSC(C)(C)C(=O)NCCN(CCNC(=O)C(C)(C)SCc2ccc(OC)cc2)Cc2ccc(N)cc2)cc1. The molecule has 0 saturated heterocycles. The number of benzene rings is 3. The molecule has 0 spiro atoms. The van der Waals surface area contributed by atoms with Gasteiger partial charge in [-0.05, 0) is 80.8 Å². The lowest BCUT2D eigenvalue weighted by Gasteiger charge is -2.27. The average Bonchev–Trinajstić information content (AvgIpc) is 3.04. The van der Waals surface area contributed by atoms with Crippen LogP contribution in [-0.4, -0.2) is 66.6 Å². The van der Waals surface area contributed by atoms with E-state index in [-0.39, 0.29) is 11.8 Å². The Labute approximate surface area is 277 Å². The molecule has 8 nitrogen and oxygen atoms in total. The Morgan fingerprint density at radius 1 is 0.667 bits per heavy atom. The summed E-state index contributed by atoms with van der Waals surface area (Å²) in [6, 6.07) is 23.6. The Morgan fingerprint density at radius 2 is 1.04 bits per heavy atom. The molecule has 0 bridgehead atoms. The van der Waals surface area contributed by atoms with Crippen LogP contribution in [0.2, 0.25) is 0 Å². The van der Waals surface area contributed by atoms with Gasteiger partial charge in [-0.2, -0.15) is 0 Å². The van der Waals surface area contributed by atoms with Gasteiger partial charge in [0, 0.05) is 49.9 Å². The summed E-state index contributed by atoms with van der Waals surface area (Å²) in [4.78, 5) is 28.5. The number of methoxy groups -OCH3 is 2. The fourth-order valence-electron chi connectivity index (χ4n) is 4.33. The number of hydrogen-bond acceptors (Lipinski definition) is 8. The lowest BCUT2D eigenvalue weighted by Crippen LogP contribution is -2.45. The number of nitrogens with zero attached hydrogens (tertiary/aromatic N) is 1. The summed E-state index contributed by atoms with van der Waals surface area (Å²) in [7, 11) is 3.30. The van der Waals surface area contributed by atoms with Crippen LogP contribution >= 0.6 is 23.5 Å². The number of carbonyl (C=O) groups is 2. The third-order valence-corrected chi connectivity index (χ3v) is 10.2. The van der Waals surface area contributed by atoms with Gasteiger partial charge in [0.2, 0.25) is 11.8 Å². The van der Waals surface area contributed by atoms with Crippen molar-refractivity contribution in [3.05, 3.63) is 89.5 Å². The number of anilines is 1. The highest BCUT2D eigenvalue weighted by atomic mass is 32.2. The summed E-state index contributed by atoms with van der Waals surface area (Å²) in [5.74, 6) is 3.08. The van der Waals surface area contributed by atoms with Crippen molar-refractivity contribution in [2.24, 2.45) is 0 Å². The smallest absolute Gasteiger partial charge is 0.235 e. The van der Waals surface area contributed by atoms with Crippen molar-refractivity contribution in [2.45, 2.75) is 55.2 Å². The normalized spacial score (nSPS) is 11.7. The van der Waals surface area contributed by atoms with E-state index in [0.29, 0.717) is 38.4 Å². The molecule has 0 fully saturated rings. The van der Waals surface area contributed by atoms with E-state index in [1.165, 1.54) is 0 Å². The van der Waals surface area contributed by atoms with Crippen LogP contribution < -0.4 is 25.8 Å². The van der Waals surface area contributed by atoms with E-state index < -0.39 is 9.49 Å². The summed E-state index contributed by atoms with van der Waals surface area (Å²) < 4.78 is 9.29. The number of thioether (sulfide) groups is 2. The van der Waals surface area contributed by atoms with E-state index in [0.717, 1.165) is 39.7 Å². The van der Waals surface area contributed by atoms with E-state index in [4.69, 9.17) is 15.2 Å². The van der Waals surface area contributed by atoms with E-state index in [9.17, 15) is 9.59 Å². The van der Waals surface area contributed by atoms with Crippen LogP contribution in [0.5, 0.6) is 11.5 Å². The van der Waals surface area contributed by atoms with E-state index in [1.807, 2.05) is 100 Å². The first-order chi connectivity index (χ1) is 21.4. The van der Waals surface area contributed by atoms with Gasteiger partial charge in [-0.25, -0.2) is 0 Å². The van der Waals surface area contributed by atoms with Gasteiger partial charge in [0.05, 0.1) is 23.7 Å². The Balaban J connectivity index is 1.50. The molecule has 0 radical (unpaired) electrons. The molecule has 4 N–H and O–H groups in total. The van der Waals surface area contributed by atoms with Gasteiger partial charge in [0.15, 0.2) is 0 Å². The number of nitrogens with two attached hydrogens (primary N) is 1. The third-order valence-electron chi connectivity index (χ3n) is 7.42. The van der Waals surface area contributed by atoms with Crippen molar-refractivity contribution in [3.63, 3.8) is 0 Å². The predicted octanol–water partition coefficient (Wildman–Crippen LogP) is 5.74. The number of rotatable bonds is 18. The topological polar surface area (TPSA) is 106 Å². The van der Waals surface area contributed by atoms with Crippen LogP contribution in [0.3, 0.4) is 0 Å². The molecule has 0 saturated carbocycles. The molecular weight excluding hydrogens is 605 g/mol. The maximum absolute atomic E-state index is 13.1. The molecule has 45 heavy (non-hydrogen) atoms. The number of nitrogen functional groups attached to an aromatic ring is 1. The fraction of sp³-hybridized carbons (Fsp3) is 0.429. The summed E-state index contributed by atoms with van der Waals surface area (Å²) in [6.45, 7) is 10.8. The summed E-state index contributed by atoms with van der Waals surface area (Å²) in [6.07, 6.45) is 0. The molecule has 0 aliphatic heterocycles. The molecule has 0 aromatic heterocycles.